The van der Waals surface area contributed by atoms with E-state index in [-0.39, 0.29) is 12.8 Å². The second kappa shape index (κ2) is 17.3. The van der Waals surface area contributed by atoms with Crippen molar-refractivity contribution in [2.24, 2.45) is 11.1 Å². The summed E-state index contributed by atoms with van der Waals surface area (Å²) in [6.45, 7) is 0. The van der Waals surface area contributed by atoms with Gasteiger partial charge < -0.3 is 39.8 Å². The van der Waals surface area contributed by atoms with Gasteiger partial charge in [-0.25, -0.2) is 0 Å². The summed E-state index contributed by atoms with van der Waals surface area (Å²) in [4.78, 5) is 31.6. The molecular weight excluding hydrogens is 757 g/mol. The molecule has 0 unspecified atom stereocenters. The van der Waals surface area contributed by atoms with Crippen LogP contribution in [0.2, 0.25) is 0 Å². The number of amides is 2. The summed E-state index contributed by atoms with van der Waals surface area (Å²) in [7, 11) is 6.24. The molecule has 0 aromatic heterocycles. The Bertz CT molecular complexity index is 2120. The van der Waals surface area contributed by atoms with E-state index in [1.807, 2.05) is 60.7 Å². The number of methoxy groups -OCH3 is 4. The average Bonchev–Trinajstić information content (AvgIpc) is 3.28. The van der Waals surface area contributed by atoms with Crippen LogP contribution in [0.5, 0.6) is 23.0 Å². The van der Waals surface area contributed by atoms with Crippen molar-refractivity contribution in [2.45, 2.75) is 42.5 Å². The predicted molar refractivity (Wildman–Crippen MR) is 229 cm³/mol. The number of hydrogen-bond acceptors (Lipinski definition) is 8. The Kier molecular flexibility index (Phi) is 12.0. The van der Waals surface area contributed by atoms with Gasteiger partial charge in [-0.3, -0.25) is 9.59 Å². The zero-order valence-corrected chi connectivity index (χ0v) is 34.2. The van der Waals surface area contributed by atoms with Crippen LogP contribution in [0.4, 0.5) is 0 Å². The molecule has 10 heteroatoms. The molecule has 1 fully saturated rings. The maximum absolute atomic E-state index is 16.3. The number of hydrogen-bond donors (Lipinski definition) is 3. The first-order valence-electron chi connectivity index (χ1n) is 19.8. The van der Waals surface area contributed by atoms with Crippen LogP contribution < -0.4 is 24.7 Å². The third-order valence-electron chi connectivity index (χ3n) is 12.0. The van der Waals surface area contributed by atoms with Crippen molar-refractivity contribution < 1.29 is 38.7 Å². The van der Waals surface area contributed by atoms with Gasteiger partial charge in [0.1, 0.15) is 39.6 Å². The van der Waals surface area contributed by atoms with E-state index in [0.717, 1.165) is 0 Å². The van der Waals surface area contributed by atoms with Gasteiger partial charge in [0.25, 0.3) is 0 Å². The van der Waals surface area contributed by atoms with Crippen LogP contribution in [0.15, 0.2) is 158 Å². The van der Waals surface area contributed by atoms with Gasteiger partial charge in [0.2, 0.25) is 11.8 Å². The standard InChI is InChI=1S/C50H50N2O8/c1-57-40-24-16-36(17-25-40)49(55,37-18-26-41(58-2)27-19-37)44(34-12-7-5-8-13-34)52(47(54)48(46(51)53)32-11-33-48)45(35-14-9-6-10-15-35)50(56,38-20-28-42(59-3)29-21-38)39-22-30-43(60-4)31-23-39/h5-10,12-31,44-45,55-56H,11,32-33H2,1-4H3,(H2,51,53)/t44-,45-/m1/s1. The highest BCUT2D eigenvalue weighted by molar-refractivity contribution is 6.05. The van der Waals surface area contributed by atoms with E-state index in [2.05, 4.69) is 0 Å². The molecule has 60 heavy (non-hydrogen) atoms. The van der Waals surface area contributed by atoms with Crippen molar-refractivity contribution in [2.75, 3.05) is 28.4 Å². The average molecular weight is 807 g/mol. The lowest BCUT2D eigenvalue weighted by molar-refractivity contribution is -0.173. The van der Waals surface area contributed by atoms with Crippen molar-refractivity contribution in [3.05, 3.63) is 191 Å². The Morgan fingerprint density at radius 1 is 0.517 bits per heavy atom. The van der Waals surface area contributed by atoms with Gasteiger partial charge in [-0.05, 0) is 94.8 Å². The number of rotatable bonds is 16. The summed E-state index contributed by atoms with van der Waals surface area (Å²) in [6, 6.07) is 43.7. The maximum Gasteiger partial charge on any atom is 0.239 e. The molecule has 1 aliphatic rings. The van der Waals surface area contributed by atoms with Crippen LogP contribution in [-0.2, 0) is 20.8 Å². The smallest absolute Gasteiger partial charge is 0.239 e. The summed E-state index contributed by atoms with van der Waals surface area (Å²) in [6.07, 6.45) is 0.957. The third-order valence-corrected chi connectivity index (χ3v) is 12.0. The Balaban J connectivity index is 1.65. The molecule has 308 valence electrons. The second-order valence-corrected chi connectivity index (χ2v) is 15.1. The molecule has 0 aliphatic heterocycles. The van der Waals surface area contributed by atoms with Gasteiger partial charge >= 0.3 is 0 Å². The number of aliphatic hydroxyl groups is 2. The molecule has 0 saturated heterocycles. The molecule has 10 nitrogen and oxygen atoms in total. The molecule has 4 N–H and O–H groups in total. The maximum atomic E-state index is 16.3. The van der Waals surface area contributed by atoms with Crippen LogP contribution in [0.3, 0.4) is 0 Å². The molecule has 6 aromatic rings. The lowest BCUT2D eigenvalue weighted by Gasteiger charge is -2.54. The fraction of sp³-hybridized carbons (Fsp3) is 0.240. The number of nitrogens with zero attached hydrogens (tertiary/aromatic N) is 1. The summed E-state index contributed by atoms with van der Waals surface area (Å²) < 4.78 is 22.2. The largest absolute Gasteiger partial charge is 0.497 e. The van der Waals surface area contributed by atoms with Gasteiger partial charge in [-0.1, -0.05) is 116 Å². The zero-order chi connectivity index (χ0) is 42.5. The van der Waals surface area contributed by atoms with Crippen LogP contribution in [0.1, 0.15) is 64.7 Å². The quantitative estimate of drug-likeness (QED) is 0.0841. The molecule has 0 spiro atoms. The topological polar surface area (TPSA) is 141 Å². The highest BCUT2D eigenvalue weighted by Crippen LogP contribution is 2.56. The highest BCUT2D eigenvalue weighted by Gasteiger charge is 2.60. The fourth-order valence-electron chi connectivity index (χ4n) is 8.55. The lowest BCUT2D eigenvalue weighted by Crippen LogP contribution is -2.61. The van der Waals surface area contributed by atoms with Gasteiger partial charge in [0.15, 0.2) is 0 Å². The number of carbonyl (C=O) groups excluding carboxylic acids is 2. The number of benzene rings is 6. The van der Waals surface area contributed by atoms with Crippen molar-refractivity contribution in [3.63, 3.8) is 0 Å². The molecule has 1 aliphatic carbocycles. The number of ether oxygens (including phenoxy) is 4. The predicted octanol–water partition coefficient (Wildman–Crippen LogP) is 7.86. The zero-order valence-electron chi connectivity index (χ0n) is 34.2. The van der Waals surface area contributed by atoms with E-state index < -0.39 is 40.5 Å². The minimum atomic E-state index is -2.08. The van der Waals surface area contributed by atoms with Crippen molar-refractivity contribution in [3.8, 4) is 23.0 Å². The summed E-state index contributed by atoms with van der Waals surface area (Å²) in [5, 5.41) is 28.3. The number of carbonyl (C=O) groups is 2. The minimum Gasteiger partial charge on any atom is -0.497 e. The molecule has 1 saturated carbocycles. The SMILES string of the molecule is COc1ccc(C(O)(c2ccc(OC)cc2)[C@@H](c2ccccc2)N(C(=O)C2(C(N)=O)CCC2)[C@H](c2ccccc2)C(O)(c2ccc(OC)cc2)c2ccc(OC)cc2)cc1. The van der Waals surface area contributed by atoms with E-state index in [1.54, 1.807) is 126 Å². The van der Waals surface area contributed by atoms with Crippen LogP contribution in [-0.4, -0.2) is 55.4 Å². The molecule has 6 aromatic carbocycles. The number of primary amides is 1. The number of nitrogens with two attached hydrogens (primary N) is 1. The molecule has 0 heterocycles. The third kappa shape index (κ3) is 7.33. The molecule has 7 rings (SSSR count). The lowest BCUT2D eigenvalue weighted by atomic mass is 9.65. The Morgan fingerprint density at radius 3 is 1.02 bits per heavy atom. The summed E-state index contributed by atoms with van der Waals surface area (Å²) in [5.41, 5.74) is 3.14. The van der Waals surface area contributed by atoms with Gasteiger partial charge in [0, 0.05) is 0 Å². The minimum absolute atomic E-state index is 0.188. The van der Waals surface area contributed by atoms with E-state index in [1.165, 1.54) is 4.90 Å². The second-order valence-electron chi connectivity index (χ2n) is 15.1. The van der Waals surface area contributed by atoms with Gasteiger partial charge in [-0.15, -0.1) is 0 Å². The molecule has 0 radical (unpaired) electrons. The molecular formula is C50H50N2O8. The van der Waals surface area contributed by atoms with E-state index >= 15 is 4.79 Å². The van der Waals surface area contributed by atoms with E-state index in [9.17, 15) is 15.0 Å². The monoisotopic (exact) mass is 806 g/mol. The Hall–Kier alpha value is -6.62. The van der Waals surface area contributed by atoms with Crippen LogP contribution in [0, 0.1) is 5.41 Å². The van der Waals surface area contributed by atoms with E-state index in [0.29, 0.717) is 62.8 Å². The molecule has 2 atom stereocenters. The highest BCUT2D eigenvalue weighted by atomic mass is 16.5. The van der Waals surface area contributed by atoms with Crippen molar-refractivity contribution >= 4 is 11.8 Å². The Morgan fingerprint density at radius 2 is 0.800 bits per heavy atom. The molecule has 0 bridgehead atoms. The molecule has 2 amide bonds. The normalized spacial score (nSPS) is 14.5. The van der Waals surface area contributed by atoms with Crippen LogP contribution in [0.25, 0.3) is 0 Å². The first-order chi connectivity index (χ1) is 29.0. The van der Waals surface area contributed by atoms with E-state index in [4.69, 9.17) is 24.7 Å². The van der Waals surface area contributed by atoms with Crippen molar-refractivity contribution in [1.29, 1.82) is 0 Å². The first-order valence-corrected chi connectivity index (χ1v) is 19.8. The van der Waals surface area contributed by atoms with Crippen molar-refractivity contribution in [1.82, 2.24) is 4.90 Å². The fourth-order valence-corrected chi connectivity index (χ4v) is 8.55. The van der Waals surface area contributed by atoms with Crippen LogP contribution >= 0.6 is 0 Å². The summed E-state index contributed by atoms with van der Waals surface area (Å²) in [5.74, 6) is 0.799. The van der Waals surface area contributed by atoms with Gasteiger partial charge in [-0.2, -0.15) is 0 Å². The first kappa shape index (κ1) is 41.5. The van der Waals surface area contributed by atoms with Gasteiger partial charge in [0.05, 0.1) is 40.5 Å². The Labute approximate surface area is 350 Å². The summed E-state index contributed by atoms with van der Waals surface area (Å²) >= 11 is 0.